The molecule has 7 heteroatoms. The van der Waals surface area contributed by atoms with Crippen molar-refractivity contribution in [1.82, 2.24) is 15.6 Å². The normalized spacial score (nSPS) is 10.4. The molecule has 0 radical (unpaired) electrons. The smallest absolute Gasteiger partial charge is 0.269 e. The van der Waals surface area contributed by atoms with Crippen LogP contribution < -0.4 is 10.6 Å². The van der Waals surface area contributed by atoms with E-state index in [4.69, 9.17) is 4.42 Å². The number of benzene rings is 1. The van der Waals surface area contributed by atoms with Gasteiger partial charge in [0.25, 0.3) is 11.8 Å². The van der Waals surface area contributed by atoms with Crippen molar-refractivity contribution in [3.63, 3.8) is 0 Å². The van der Waals surface area contributed by atoms with Crippen LogP contribution in [0.4, 0.5) is 4.39 Å². The summed E-state index contributed by atoms with van der Waals surface area (Å²) in [6.45, 7) is 0.509. The van der Waals surface area contributed by atoms with Crippen LogP contribution in [0, 0.1) is 5.82 Å². The first-order chi connectivity index (χ1) is 13.1. The number of nitrogens with one attached hydrogen (secondary N) is 2. The van der Waals surface area contributed by atoms with Gasteiger partial charge in [0.15, 0.2) is 0 Å². The van der Waals surface area contributed by atoms with E-state index >= 15 is 0 Å². The quantitative estimate of drug-likeness (QED) is 0.672. The predicted molar refractivity (Wildman–Crippen MR) is 96.6 cm³/mol. The number of furan rings is 1. The Hall–Kier alpha value is -3.48. The van der Waals surface area contributed by atoms with Gasteiger partial charge in [0.05, 0.1) is 12.8 Å². The van der Waals surface area contributed by atoms with Gasteiger partial charge in [-0.3, -0.25) is 14.6 Å². The van der Waals surface area contributed by atoms with Gasteiger partial charge < -0.3 is 15.1 Å². The highest BCUT2D eigenvalue weighted by Gasteiger charge is 2.12. The van der Waals surface area contributed by atoms with Crippen LogP contribution in [0.5, 0.6) is 0 Å². The molecular formula is C20H18FN3O3. The minimum absolute atomic E-state index is 0.120. The number of pyridine rings is 1. The summed E-state index contributed by atoms with van der Waals surface area (Å²) in [5, 5.41) is 5.38. The molecule has 3 rings (SSSR count). The van der Waals surface area contributed by atoms with Gasteiger partial charge in [-0.2, -0.15) is 0 Å². The number of hydrogen-bond donors (Lipinski definition) is 2. The maximum atomic E-state index is 13.6. The van der Waals surface area contributed by atoms with Gasteiger partial charge in [0.2, 0.25) is 0 Å². The van der Waals surface area contributed by atoms with E-state index in [1.807, 2.05) is 0 Å². The fourth-order valence-corrected chi connectivity index (χ4v) is 2.48. The van der Waals surface area contributed by atoms with Gasteiger partial charge in [-0.1, -0.05) is 18.2 Å². The standard InChI is InChI=1S/C20H18FN3O3/c21-17-6-2-1-4-14(17)7-10-23-20(26)18-12-15(8-9-22-18)19(25)24-13-16-5-3-11-27-16/h1-6,8-9,11-12H,7,10,13H2,(H,23,26)(H,24,25). The summed E-state index contributed by atoms with van der Waals surface area (Å²) in [5.74, 6) is -0.440. The highest BCUT2D eigenvalue weighted by Crippen LogP contribution is 2.07. The minimum Gasteiger partial charge on any atom is -0.467 e. The van der Waals surface area contributed by atoms with Crippen LogP contribution in [0.1, 0.15) is 32.2 Å². The van der Waals surface area contributed by atoms with Crippen molar-refractivity contribution >= 4 is 11.8 Å². The summed E-state index contributed by atoms with van der Waals surface area (Å²) in [6.07, 6.45) is 3.28. The Morgan fingerprint density at radius 3 is 2.67 bits per heavy atom. The Labute approximate surface area is 155 Å². The Balaban J connectivity index is 1.55. The number of amides is 2. The number of aromatic nitrogens is 1. The Morgan fingerprint density at radius 2 is 1.89 bits per heavy atom. The third-order valence-corrected chi connectivity index (χ3v) is 3.90. The molecule has 0 atom stereocenters. The van der Waals surface area contributed by atoms with E-state index in [0.29, 0.717) is 23.3 Å². The van der Waals surface area contributed by atoms with Crippen LogP contribution in [0.3, 0.4) is 0 Å². The van der Waals surface area contributed by atoms with E-state index < -0.39 is 5.91 Å². The van der Waals surface area contributed by atoms with E-state index in [9.17, 15) is 14.0 Å². The molecule has 0 aliphatic rings. The summed E-state index contributed by atoms with van der Waals surface area (Å²) in [6, 6.07) is 12.8. The number of halogens is 1. The molecule has 0 unspecified atom stereocenters. The molecule has 0 aliphatic carbocycles. The van der Waals surface area contributed by atoms with Crippen molar-refractivity contribution in [3.05, 3.63) is 89.4 Å². The monoisotopic (exact) mass is 367 g/mol. The van der Waals surface area contributed by atoms with E-state index in [0.717, 1.165) is 0 Å². The first-order valence-corrected chi connectivity index (χ1v) is 8.42. The lowest BCUT2D eigenvalue weighted by molar-refractivity contribution is 0.0948. The van der Waals surface area contributed by atoms with Crippen molar-refractivity contribution < 1.29 is 18.4 Å². The van der Waals surface area contributed by atoms with Crippen LogP contribution in [0.25, 0.3) is 0 Å². The second-order valence-electron chi connectivity index (χ2n) is 5.79. The zero-order valence-corrected chi connectivity index (χ0v) is 14.4. The first kappa shape index (κ1) is 18.3. The van der Waals surface area contributed by atoms with E-state index in [1.165, 1.54) is 30.7 Å². The third-order valence-electron chi connectivity index (χ3n) is 3.90. The molecule has 2 N–H and O–H groups in total. The lowest BCUT2D eigenvalue weighted by atomic mass is 10.1. The Kier molecular flexibility index (Phi) is 5.94. The van der Waals surface area contributed by atoms with Crippen molar-refractivity contribution in [3.8, 4) is 0 Å². The molecular weight excluding hydrogens is 349 g/mol. The summed E-state index contributed by atoms with van der Waals surface area (Å²) in [4.78, 5) is 28.4. The van der Waals surface area contributed by atoms with Crippen molar-refractivity contribution in [2.75, 3.05) is 6.54 Å². The number of carbonyl (C=O) groups excluding carboxylic acids is 2. The molecule has 3 aromatic rings. The Morgan fingerprint density at radius 1 is 1.04 bits per heavy atom. The molecule has 2 aromatic heterocycles. The lowest BCUT2D eigenvalue weighted by Gasteiger charge is -2.07. The van der Waals surface area contributed by atoms with Crippen LogP contribution in [0.2, 0.25) is 0 Å². The van der Waals surface area contributed by atoms with Crippen molar-refractivity contribution in [1.29, 1.82) is 0 Å². The minimum atomic E-state index is -0.424. The first-order valence-electron chi connectivity index (χ1n) is 8.42. The molecule has 0 spiro atoms. The van der Waals surface area contributed by atoms with Gasteiger partial charge >= 0.3 is 0 Å². The molecule has 0 saturated heterocycles. The highest BCUT2D eigenvalue weighted by atomic mass is 19.1. The summed E-state index contributed by atoms with van der Waals surface area (Å²) < 4.78 is 18.7. The number of hydrogen-bond acceptors (Lipinski definition) is 4. The summed E-state index contributed by atoms with van der Waals surface area (Å²) in [5.41, 5.74) is 0.960. The van der Waals surface area contributed by atoms with E-state index in [2.05, 4.69) is 15.6 Å². The van der Waals surface area contributed by atoms with Gasteiger partial charge in [-0.25, -0.2) is 4.39 Å². The van der Waals surface area contributed by atoms with Gasteiger partial charge in [0.1, 0.15) is 17.3 Å². The zero-order chi connectivity index (χ0) is 19.1. The molecule has 2 amide bonds. The van der Waals surface area contributed by atoms with Gasteiger partial charge in [-0.05, 0) is 42.3 Å². The largest absolute Gasteiger partial charge is 0.467 e. The second-order valence-corrected chi connectivity index (χ2v) is 5.79. The Bertz CT molecular complexity index is 926. The van der Waals surface area contributed by atoms with Gasteiger partial charge in [-0.15, -0.1) is 0 Å². The second kappa shape index (κ2) is 8.75. The molecule has 0 saturated carbocycles. The van der Waals surface area contributed by atoms with Crippen LogP contribution >= 0.6 is 0 Å². The average molecular weight is 367 g/mol. The fourth-order valence-electron chi connectivity index (χ4n) is 2.48. The average Bonchev–Trinajstić information content (AvgIpc) is 3.21. The molecule has 0 bridgehead atoms. The molecule has 27 heavy (non-hydrogen) atoms. The van der Waals surface area contributed by atoms with Crippen LogP contribution in [0.15, 0.2) is 65.4 Å². The number of rotatable bonds is 7. The molecule has 138 valence electrons. The lowest BCUT2D eigenvalue weighted by Crippen LogP contribution is -2.28. The third kappa shape index (κ3) is 5.01. The number of carbonyl (C=O) groups is 2. The maximum Gasteiger partial charge on any atom is 0.269 e. The zero-order valence-electron chi connectivity index (χ0n) is 14.4. The molecule has 0 aliphatic heterocycles. The summed E-state index contributed by atoms with van der Waals surface area (Å²) in [7, 11) is 0. The van der Waals surface area contributed by atoms with E-state index in [-0.39, 0.29) is 30.5 Å². The van der Waals surface area contributed by atoms with Crippen molar-refractivity contribution in [2.45, 2.75) is 13.0 Å². The fraction of sp³-hybridized carbons (Fsp3) is 0.150. The van der Waals surface area contributed by atoms with Gasteiger partial charge in [0, 0.05) is 18.3 Å². The molecule has 2 heterocycles. The van der Waals surface area contributed by atoms with E-state index in [1.54, 1.807) is 30.3 Å². The van der Waals surface area contributed by atoms with Crippen LogP contribution in [-0.2, 0) is 13.0 Å². The van der Waals surface area contributed by atoms with Crippen LogP contribution in [-0.4, -0.2) is 23.3 Å². The molecule has 1 aromatic carbocycles. The maximum absolute atomic E-state index is 13.6. The predicted octanol–water partition coefficient (Wildman–Crippen LogP) is 2.72. The topological polar surface area (TPSA) is 84.2 Å². The SMILES string of the molecule is O=C(NCc1ccco1)c1ccnc(C(=O)NCCc2ccccc2F)c1. The highest BCUT2D eigenvalue weighted by molar-refractivity contribution is 5.98. The number of nitrogens with zero attached hydrogens (tertiary/aromatic N) is 1. The molecule has 6 nitrogen and oxygen atoms in total. The molecule has 0 fully saturated rings. The summed E-state index contributed by atoms with van der Waals surface area (Å²) >= 11 is 0. The van der Waals surface area contributed by atoms with Crippen molar-refractivity contribution in [2.24, 2.45) is 0 Å².